The molecule has 2 aromatic heterocycles. The van der Waals surface area contributed by atoms with Crippen molar-refractivity contribution in [2.45, 2.75) is 45.8 Å². The zero-order valence-electron chi connectivity index (χ0n) is 22.3. The number of aromatic nitrogens is 2. The molecular formula is C27H36N6O5. The van der Waals surface area contributed by atoms with Crippen molar-refractivity contribution in [3.63, 3.8) is 0 Å². The summed E-state index contributed by atoms with van der Waals surface area (Å²) >= 11 is 0. The summed E-state index contributed by atoms with van der Waals surface area (Å²) < 4.78 is 12.2. The highest BCUT2D eigenvalue weighted by Gasteiger charge is 2.16. The standard InChI is InChI=1S/C27H36N6O5/c1-27(2,3)38-26(36)30-13-5-12-28-21-11-15-33-23(16-21)31-17-24(33)29-14-10-25(35)32(19-34)18-20-6-8-22(37-4)9-7-20/h6-9,11,15-17,19,28-29H,5,10,12-14,18H2,1-4H3,(H,30,36). The van der Waals surface area contributed by atoms with E-state index in [9.17, 15) is 14.4 Å². The van der Waals surface area contributed by atoms with Gasteiger partial charge in [-0.05, 0) is 51.0 Å². The maximum atomic E-state index is 12.6. The number of nitrogens with one attached hydrogen (secondary N) is 3. The Kier molecular flexibility index (Phi) is 9.92. The average Bonchev–Trinajstić information content (AvgIpc) is 3.28. The number of methoxy groups -OCH3 is 1. The summed E-state index contributed by atoms with van der Waals surface area (Å²) in [5.74, 6) is 1.18. The Balaban J connectivity index is 1.42. The molecule has 0 aliphatic carbocycles. The van der Waals surface area contributed by atoms with Crippen LogP contribution < -0.4 is 20.7 Å². The third kappa shape index (κ3) is 8.68. The molecule has 0 fully saturated rings. The summed E-state index contributed by atoms with van der Waals surface area (Å²) in [7, 11) is 1.58. The van der Waals surface area contributed by atoms with Crippen molar-refractivity contribution < 1.29 is 23.9 Å². The van der Waals surface area contributed by atoms with E-state index in [2.05, 4.69) is 20.9 Å². The number of alkyl carbamates (subject to hydrolysis) is 1. The first-order valence-corrected chi connectivity index (χ1v) is 12.5. The van der Waals surface area contributed by atoms with Crippen LogP contribution in [0.4, 0.5) is 16.3 Å². The molecule has 38 heavy (non-hydrogen) atoms. The molecule has 11 nitrogen and oxygen atoms in total. The molecule has 0 spiro atoms. The van der Waals surface area contributed by atoms with Gasteiger partial charge < -0.3 is 25.4 Å². The zero-order chi connectivity index (χ0) is 27.5. The minimum atomic E-state index is -0.515. The zero-order valence-corrected chi connectivity index (χ0v) is 22.3. The molecule has 2 heterocycles. The van der Waals surface area contributed by atoms with Gasteiger partial charge in [0.25, 0.3) is 0 Å². The van der Waals surface area contributed by atoms with Gasteiger partial charge in [0.05, 0.1) is 19.9 Å². The lowest BCUT2D eigenvalue weighted by molar-refractivity contribution is -0.138. The number of carbonyl (C=O) groups excluding carboxylic acids is 3. The molecule has 1 aromatic carbocycles. The summed E-state index contributed by atoms with van der Waals surface area (Å²) in [6.07, 6.45) is 4.60. The Morgan fingerprint density at radius 2 is 1.84 bits per heavy atom. The smallest absolute Gasteiger partial charge is 0.407 e. The molecule has 3 rings (SSSR count). The number of benzene rings is 1. The van der Waals surface area contributed by atoms with Crippen LogP contribution in [-0.4, -0.2) is 65.0 Å². The van der Waals surface area contributed by atoms with Crippen LogP contribution in [0, 0.1) is 0 Å². The minimum absolute atomic E-state index is 0.152. The molecule has 0 radical (unpaired) electrons. The Labute approximate surface area is 222 Å². The van der Waals surface area contributed by atoms with E-state index in [1.54, 1.807) is 25.4 Å². The largest absolute Gasteiger partial charge is 0.497 e. The number of rotatable bonds is 13. The number of pyridine rings is 1. The van der Waals surface area contributed by atoms with E-state index >= 15 is 0 Å². The van der Waals surface area contributed by atoms with Gasteiger partial charge in [0.1, 0.15) is 22.8 Å². The second-order valence-corrected chi connectivity index (χ2v) is 9.65. The third-order valence-electron chi connectivity index (χ3n) is 5.47. The number of ether oxygens (including phenoxy) is 2. The highest BCUT2D eigenvalue weighted by molar-refractivity contribution is 5.86. The van der Waals surface area contributed by atoms with E-state index in [0.29, 0.717) is 31.8 Å². The van der Waals surface area contributed by atoms with Crippen LogP contribution >= 0.6 is 0 Å². The van der Waals surface area contributed by atoms with Gasteiger partial charge >= 0.3 is 6.09 Å². The van der Waals surface area contributed by atoms with E-state index < -0.39 is 11.7 Å². The van der Waals surface area contributed by atoms with Crippen LogP contribution in [0.25, 0.3) is 5.65 Å². The Morgan fingerprint density at radius 3 is 2.53 bits per heavy atom. The first kappa shape index (κ1) is 28.3. The van der Waals surface area contributed by atoms with Crippen LogP contribution in [0.2, 0.25) is 0 Å². The molecule has 204 valence electrons. The lowest BCUT2D eigenvalue weighted by atomic mass is 10.2. The van der Waals surface area contributed by atoms with Crippen LogP contribution in [0.1, 0.15) is 39.2 Å². The quantitative estimate of drug-likeness (QED) is 0.228. The van der Waals surface area contributed by atoms with Gasteiger partial charge in [0.15, 0.2) is 0 Å². The second-order valence-electron chi connectivity index (χ2n) is 9.65. The van der Waals surface area contributed by atoms with Gasteiger partial charge in [-0.3, -0.25) is 18.9 Å². The summed E-state index contributed by atoms with van der Waals surface area (Å²) in [6.45, 7) is 7.21. The molecule has 3 aromatic rings. The predicted molar refractivity (Wildman–Crippen MR) is 145 cm³/mol. The number of anilines is 2. The maximum Gasteiger partial charge on any atom is 0.407 e. The number of amides is 3. The molecule has 0 saturated heterocycles. The lowest BCUT2D eigenvalue weighted by Gasteiger charge is -2.19. The van der Waals surface area contributed by atoms with Gasteiger partial charge in [-0.2, -0.15) is 0 Å². The summed E-state index contributed by atoms with van der Waals surface area (Å²) in [5, 5.41) is 9.26. The third-order valence-corrected chi connectivity index (χ3v) is 5.47. The monoisotopic (exact) mass is 524 g/mol. The number of imidazole rings is 1. The highest BCUT2D eigenvalue weighted by atomic mass is 16.6. The molecule has 0 saturated carbocycles. The first-order valence-electron chi connectivity index (χ1n) is 12.5. The van der Waals surface area contributed by atoms with Crippen molar-refractivity contribution in [1.29, 1.82) is 0 Å². The molecule has 0 aliphatic heterocycles. The molecule has 0 unspecified atom stereocenters. The SMILES string of the molecule is COc1ccc(CN(C=O)C(=O)CCNc2cnc3cc(NCCCNC(=O)OC(C)(C)C)ccn23)cc1. The summed E-state index contributed by atoms with van der Waals surface area (Å²) in [5.41, 5.74) is 1.97. The van der Waals surface area contributed by atoms with E-state index in [4.69, 9.17) is 9.47 Å². The van der Waals surface area contributed by atoms with Crippen molar-refractivity contribution in [1.82, 2.24) is 19.6 Å². The van der Waals surface area contributed by atoms with Gasteiger partial charge in [-0.1, -0.05) is 12.1 Å². The Hall–Kier alpha value is -4.28. The molecule has 3 N–H and O–H groups in total. The fourth-order valence-corrected chi connectivity index (χ4v) is 3.60. The predicted octanol–water partition coefficient (Wildman–Crippen LogP) is 3.66. The molecular weight excluding hydrogens is 488 g/mol. The highest BCUT2D eigenvalue weighted by Crippen LogP contribution is 2.17. The van der Waals surface area contributed by atoms with Crippen molar-refractivity contribution in [2.24, 2.45) is 0 Å². The van der Waals surface area contributed by atoms with Crippen LogP contribution in [-0.2, 0) is 20.9 Å². The van der Waals surface area contributed by atoms with Crippen LogP contribution in [0.3, 0.4) is 0 Å². The number of nitrogens with zero attached hydrogens (tertiary/aromatic N) is 3. The average molecular weight is 525 g/mol. The molecule has 11 heteroatoms. The fraction of sp³-hybridized carbons (Fsp3) is 0.407. The van der Waals surface area contributed by atoms with Gasteiger partial charge in [0.2, 0.25) is 12.3 Å². The number of hydrogen-bond acceptors (Lipinski definition) is 8. The maximum absolute atomic E-state index is 12.6. The first-order chi connectivity index (χ1) is 18.2. The minimum Gasteiger partial charge on any atom is -0.497 e. The van der Waals surface area contributed by atoms with E-state index in [1.165, 1.54) is 4.90 Å². The summed E-state index contributed by atoms with van der Waals surface area (Å²) in [6, 6.07) is 11.1. The lowest BCUT2D eigenvalue weighted by Crippen LogP contribution is -2.33. The van der Waals surface area contributed by atoms with Crippen LogP contribution in [0.5, 0.6) is 5.75 Å². The Morgan fingerprint density at radius 1 is 1.08 bits per heavy atom. The molecule has 0 bridgehead atoms. The van der Waals surface area contributed by atoms with Gasteiger partial charge in [-0.15, -0.1) is 0 Å². The van der Waals surface area contributed by atoms with Gasteiger partial charge in [-0.25, -0.2) is 9.78 Å². The van der Waals surface area contributed by atoms with E-state index in [0.717, 1.165) is 29.1 Å². The fourth-order valence-electron chi connectivity index (χ4n) is 3.60. The number of hydrogen-bond donors (Lipinski definition) is 3. The van der Waals surface area contributed by atoms with E-state index in [1.807, 2.05) is 55.6 Å². The number of imide groups is 1. The van der Waals surface area contributed by atoms with E-state index in [-0.39, 0.29) is 18.9 Å². The number of carbonyl (C=O) groups is 3. The second kappa shape index (κ2) is 13.3. The normalized spacial score (nSPS) is 11.1. The van der Waals surface area contributed by atoms with Crippen LogP contribution in [0.15, 0.2) is 48.8 Å². The molecule has 0 atom stereocenters. The van der Waals surface area contributed by atoms with Crippen molar-refractivity contribution in [2.75, 3.05) is 37.4 Å². The van der Waals surface area contributed by atoms with Crippen molar-refractivity contribution in [3.05, 3.63) is 54.4 Å². The molecule has 0 aliphatic rings. The topological polar surface area (TPSA) is 126 Å². The Bertz CT molecular complexity index is 1220. The molecule has 3 amide bonds. The van der Waals surface area contributed by atoms with Crippen molar-refractivity contribution in [3.8, 4) is 5.75 Å². The van der Waals surface area contributed by atoms with Crippen molar-refractivity contribution >= 4 is 35.6 Å². The van der Waals surface area contributed by atoms with Gasteiger partial charge in [0, 0.05) is 44.0 Å². The summed E-state index contributed by atoms with van der Waals surface area (Å²) in [4.78, 5) is 41.3. The number of fused-ring (bicyclic) bond motifs is 1.